The van der Waals surface area contributed by atoms with Crippen LogP contribution < -0.4 is 4.72 Å². The predicted octanol–water partition coefficient (Wildman–Crippen LogP) is 2.12. The lowest BCUT2D eigenvalue weighted by molar-refractivity contribution is -0.137. The van der Waals surface area contributed by atoms with Crippen molar-refractivity contribution in [2.24, 2.45) is 5.92 Å². The molecule has 8 heteroatoms. The van der Waals surface area contributed by atoms with Gasteiger partial charge in [-0.05, 0) is 37.0 Å². The number of carboxylic acid groups (broad SMARTS) is 1. The fraction of sp³-hybridized carbons (Fsp3) is 0.417. The van der Waals surface area contributed by atoms with E-state index in [4.69, 9.17) is 5.11 Å². The lowest BCUT2D eigenvalue weighted by Gasteiger charge is -2.16. The van der Waals surface area contributed by atoms with E-state index in [2.05, 4.69) is 20.7 Å². The highest BCUT2D eigenvalue weighted by molar-refractivity contribution is 9.10. The van der Waals surface area contributed by atoms with E-state index in [9.17, 15) is 17.6 Å². The third-order valence-corrected chi connectivity index (χ3v) is 5.09. The quantitative estimate of drug-likeness (QED) is 0.808. The first-order valence-corrected chi connectivity index (χ1v) is 8.26. The average Bonchev–Trinajstić information content (AvgIpc) is 3.09. The molecule has 1 aromatic rings. The molecule has 1 aliphatic carbocycles. The van der Waals surface area contributed by atoms with Crippen LogP contribution in [0.4, 0.5) is 4.39 Å². The normalized spacial score (nSPS) is 16.9. The van der Waals surface area contributed by atoms with Gasteiger partial charge >= 0.3 is 5.97 Å². The number of hydrogen-bond acceptors (Lipinski definition) is 3. The summed E-state index contributed by atoms with van der Waals surface area (Å²) >= 11 is 3.05. The highest BCUT2D eigenvalue weighted by Gasteiger charge is 2.36. The molecular weight excluding hydrogens is 353 g/mol. The minimum atomic E-state index is -4.07. The van der Waals surface area contributed by atoms with Crippen LogP contribution in [-0.4, -0.2) is 25.5 Å². The van der Waals surface area contributed by atoms with Crippen LogP contribution in [0.15, 0.2) is 27.6 Å². The monoisotopic (exact) mass is 365 g/mol. The maximum atomic E-state index is 13.7. The lowest BCUT2D eigenvalue weighted by Crippen LogP contribution is -2.38. The van der Waals surface area contributed by atoms with E-state index >= 15 is 0 Å². The van der Waals surface area contributed by atoms with Crippen LogP contribution in [-0.2, 0) is 14.8 Å². The van der Waals surface area contributed by atoms with Crippen molar-refractivity contribution in [2.75, 3.05) is 0 Å². The Bertz CT molecular complexity index is 630. The highest BCUT2D eigenvalue weighted by atomic mass is 79.9. The van der Waals surface area contributed by atoms with E-state index in [0.717, 1.165) is 25.0 Å². The lowest BCUT2D eigenvalue weighted by atomic mass is 10.1. The molecule has 0 aromatic heterocycles. The Hall–Kier alpha value is -0.990. The van der Waals surface area contributed by atoms with Crippen LogP contribution >= 0.6 is 15.9 Å². The van der Waals surface area contributed by atoms with Gasteiger partial charge in [0.25, 0.3) is 0 Å². The van der Waals surface area contributed by atoms with E-state index < -0.39 is 32.7 Å². The third kappa shape index (κ3) is 3.77. The summed E-state index contributed by atoms with van der Waals surface area (Å²) in [5.74, 6) is -1.95. The molecule has 0 radical (unpaired) electrons. The number of halogens is 2. The second-order valence-electron chi connectivity index (χ2n) is 4.74. The molecule has 1 aromatic carbocycles. The van der Waals surface area contributed by atoms with E-state index in [1.165, 1.54) is 6.07 Å². The predicted molar refractivity (Wildman–Crippen MR) is 73.2 cm³/mol. The first-order chi connectivity index (χ1) is 9.29. The molecule has 5 nitrogen and oxygen atoms in total. The zero-order valence-electron chi connectivity index (χ0n) is 10.3. The van der Waals surface area contributed by atoms with Crippen LogP contribution in [0.3, 0.4) is 0 Å². The smallest absolute Gasteiger partial charge is 0.304 e. The van der Waals surface area contributed by atoms with E-state index in [1.54, 1.807) is 0 Å². The van der Waals surface area contributed by atoms with Gasteiger partial charge in [-0.25, -0.2) is 17.5 Å². The van der Waals surface area contributed by atoms with Gasteiger partial charge in [-0.3, -0.25) is 4.79 Å². The van der Waals surface area contributed by atoms with E-state index in [0.29, 0.717) is 4.47 Å². The minimum Gasteiger partial charge on any atom is -0.481 e. The number of carbonyl (C=O) groups is 1. The van der Waals surface area contributed by atoms with Crippen LogP contribution in [0.5, 0.6) is 0 Å². The second-order valence-corrected chi connectivity index (χ2v) is 7.34. The van der Waals surface area contributed by atoms with Crippen LogP contribution in [0.1, 0.15) is 19.3 Å². The van der Waals surface area contributed by atoms with E-state index in [1.807, 2.05) is 0 Å². The molecule has 0 amide bonds. The molecule has 1 atom stereocenters. The first kappa shape index (κ1) is 15.4. The Balaban J connectivity index is 2.22. The van der Waals surface area contributed by atoms with Gasteiger partial charge in [-0.2, -0.15) is 0 Å². The molecule has 1 fully saturated rings. The largest absolute Gasteiger partial charge is 0.481 e. The molecular formula is C12H13BrFNO4S. The molecule has 2 rings (SSSR count). The summed E-state index contributed by atoms with van der Waals surface area (Å²) in [6.07, 6.45) is 1.26. The van der Waals surface area contributed by atoms with Crippen molar-refractivity contribution in [1.29, 1.82) is 0 Å². The summed E-state index contributed by atoms with van der Waals surface area (Å²) in [4.78, 5) is 10.3. The molecule has 1 saturated carbocycles. The zero-order valence-corrected chi connectivity index (χ0v) is 12.7. The summed E-state index contributed by atoms with van der Waals surface area (Å²) in [6, 6.07) is 2.92. The van der Waals surface area contributed by atoms with Crippen molar-refractivity contribution in [1.82, 2.24) is 4.72 Å². The summed E-state index contributed by atoms with van der Waals surface area (Å²) in [7, 11) is -4.07. The molecule has 2 N–H and O–H groups in total. The maximum Gasteiger partial charge on any atom is 0.304 e. The minimum absolute atomic E-state index is 0.0133. The van der Waals surface area contributed by atoms with Gasteiger partial charge in [0.1, 0.15) is 10.7 Å². The molecule has 1 unspecified atom stereocenters. The molecule has 0 bridgehead atoms. The van der Waals surface area contributed by atoms with Crippen molar-refractivity contribution in [2.45, 2.75) is 30.2 Å². The molecule has 0 aliphatic heterocycles. The summed E-state index contributed by atoms with van der Waals surface area (Å²) in [6.45, 7) is 0. The van der Waals surface area contributed by atoms with Gasteiger partial charge in [-0.15, -0.1) is 0 Å². The molecule has 0 saturated heterocycles. The van der Waals surface area contributed by atoms with Crippen molar-refractivity contribution >= 4 is 31.9 Å². The Morgan fingerprint density at radius 1 is 1.50 bits per heavy atom. The first-order valence-electron chi connectivity index (χ1n) is 5.99. The molecule has 0 heterocycles. The molecule has 1 aliphatic rings. The van der Waals surface area contributed by atoms with Crippen LogP contribution in [0.25, 0.3) is 0 Å². The van der Waals surface area contributed by atoms with Gasteiger partial charge in [0.15, 0.2) is 0 Å². The van der Waals surface area contributed by atoms with Gasteiger partial charge in [0, 0.05) is 10.5 Å². The Kier molecular flexibility index (Phi) is 4.46. The third-order valence-electron chi connectivity index (χ3n) is 3.08. The Morgan fingerprint density at radius 2 is 2.15 bits per heavy atom. The number of nitrogens with one attached hydrogen (secondary N) is 1. The number of benzene rings is 1. The number of aliphatic carboxylic acids is 1. The number of carboxylic acids is 1. The topological polar surface area (TPSA) is 83.5 Å². The van der Waals surface area contributed by atoms with E-state index in [-0.39, 0.29) is 12.3 Å². The van der Waals surface area contributed by atoms with Crippen LogP contribution in [0, 0.1) is 11.7 Å². The Labute approximate surface area is 124 Å². The maximum absolute atomic E-state index is 13.7. The standard InChI is InChI=1S/C12H13BrFNO4S/c13-8-3-4-11(9(14)5-8)20(18,19)15-10(6-12(16)17)7-1-2-7/h3-5,7,10,15H,1-2,6H2,(H,16,17). The van der Waals surface area contributed by atoms with Gasteiger partial charge in [0.2, 0.25) is 10.0 Å². The average molecular weight is 366 g/mol. The zero-order chi connectivity index (χ0) is 14.9. The van der Waals surface area contributed by atoms with Crippen molar-refractivity contribution in [3.05, 3.63) is 28.5 Å². The van der Waals surface area contributed by atoms with Gasteiger partial charge in [0.05, 0.1) is 6.42 Å². The van der Waals surface area contributed by atoms with Gasteiger partial charge in [-0.1, -0.05) is 15.9 Å². The Morgan fingerprint density at radius 3 is 2.65 bits per heavy atom. The number of hydrogen-bond donors (Lipinski definition) is 2. The SMILES string of the molecule is O=C(O)CC(NS(=O)(=O)c1ccc(Br)cc1F)C1CC1. The number of rotatable bonds is 6. The molecule has 20 heavy (non-hydrogen) atoms. The van der Waals surface area contributed by atoms with Crippen molar-refractivity contribution in [3.63, 3.8) is 0 Å². The number of sulfonamides is 1. The second kappa shape index (κ2) is 5.79. The van der Waals surface area contributed by atoms with Crippen molar-refractivity contribution < 1.29 is 22.7 Å². The summed E-state index contributed by atoms with van der Waals surface area (Å²) in [5, 5.41) is 8.80. The van der Waals surface area contributed by atoms with Gasteiger partial charge < -0.3 is 5.11 Å². The fourth-order valence-corrected chi connectivity index (χ4v) is 3.64. The van der Waals surface area contributed by atoms with Crippen molar-refractivity contribution in [3.8, 4) is 0 Å². The summed E-state index contributed by atoms with van der Waals surface area (Å²) < 4.78 is 40.7. The fourth-order valence-electron chi connectivity index (χ4n) is 1.95. The molecule has 110 valence electrons. The van der Waals surface area contributed by atoms with Crippen LogP contribution in [0.2, 0.25) is 0 Å². The molecule has 0 spiro atoms. The summed E-state index contributed by atoms with van der Waals surface area (Å²) in [5.41, 5.74) is 0. The highest BCUT2D eigenvalue weighted by Crippen LogP contribution is 2.35.